The fourth-order valence-electron chi connectivity index (χ4n) is 1.19. The minimum Gasteiger partial charge on any atom is -0.264 e. The van der Waals surface area contributed by atoms with E-state index in [1.165, 1.54) is 6.20 Å². The van der Waals surface area contributed by atoms with E-state index in [1.54, 1.807) is 5.38 Å². The fraction of sp³-hybridized carbons (Fsp3) is 0.111. The Morgan fingerprint density at radius 3 is 2.62 bits per heavy atom. The molecule has 0 bridgehead atoms. The van der Waals surface area contributed by atoms with Gasteiger partial charge in [-0.3, -0.25) is 4.98 Å². The Hall–Kier alpha value is -0.950. The minimum absolute atomic E-state index is 0.00528. The third-order valence-electron chi connectivity index (χ3n) is 1.83. The molecule has 0 saturated heterocycles. The normalized spacial score (nSPS) is 11.8. The topological polar surface area (TPSA) is 25.8 Å². The molecular weight excluding hydrogens is 305 g/mol. The first-order valence-corrected chi connectivity index (χ1v) is 5.78. The van der Waals surface area contributed by atoms with Crippen LogP contribution in [0.5, 0.6) is 0 Å². The maximum absolute atomic E-state index is 12.7. The van der Waals surface area contributed by atoms with Gasteiger partial charge < -0.3 is 0 Å². The average molecular weight is 309 g/mol. The van der Waals surface area contributed by atoms with Crippen LogP contribution in [0.4, 0.5) is 13.2 Å². The van der Waals surface area contributed by atoms with Gasteiger partial charge in [-0.1, -0.05) is 0 Å². The van der Waals surface area contributed by atoms with Gasteiger partial charge in [-0.15, -0.1) is 11.3 Å². The van der Waals surface area contributed by atoms with Crippen molar-refractivity contribution in [1.82, 2.24) is 9.97 Å². The van der Waals surface area contributed by atoms with Gasteiger partial charge in [0.15, 0.2) is 0 Å². The van der Waals surface area contributed by atoms with Crippen molar-refractivity contribution in [2.24, 2.45) is 0 Å². The molecule has 0 unspecified atom stereocenters. The summed E-state index contributed by atoms with van der Waals surface area (Å²) in [4.78, 5) is 7.65. The Bertz CT molecular complexity index is 509. The quantitative estimate of drug-likeness (QED) is 0.796. The maximum atomic E-state index is 12.7. The lowest BCUT2D eigenvalue weighted by molar-refractivity contribution is -0.137. The van der Waals surface area contributed by atoms with Gasteiger partial charge in [0.25, 0.3) is 0 Å². The van der Waals surface area contributed by atoms with Crippen molar-refractivity contribution in [1.29, 1.82) is 0 Å². The van der Waals surface area contributed by atoms with Gasteiger partial charge in [-0.2, -0.15) is 13.2 Å². The van der Waals surface area contributed by atoms with Gasteiger partial charge in [0.1, 0.15) is 9.61 Å². The van der Waals surface area contributed by atoms with Crippen LogP contribution in [-0.4, -0.2) is 9.97 Å². The van der Waals surface area contributed by atoms with Crippen LogP contribution >= 0.6 is 27.3 Å². The van der Waals surface area contributed by atoms with Crippen molar-refractivity contribution < 1.29 is 13.2 Å². The second-order valence-corrected chi connectivity index (χ2v) is 4.56. The zero-order chi connectivity index (χ0) is 11.8. The molecule has 2 rings (SSSR count). The zero-order valence-electron chi connectivity index (χ0n) is 7.62. The molecule has 0 aromatic carbocycles. The first-order valence-electron chi connectivity index (χ1n) is 4.11. The third kappa shape index (κ3) is 2.25. The minimum atomic E-state index is -4.39. The highest BCUT2D eigenvalue weighted by atomic mass is 79.9. The molecule has 2 nitrogen and oxygen atoms in total. The summed E-state index contributed by atoms with van der Waals surface area (Å²) >= 11 is 4.24. The molecule has 0 aliphatic rings. The van der Waals surface area contributed by atoms with Crippen LogP contribution in [0.3, 0.4) is 0 Å². The number of hydrogen-bond donors (Lipinski definition) is 0. The summed E-state index contributed by atoms with van der Waals surface area (Å²) in [6.07, 6.45) is -2.10. The summed E-state index contributed by atoms with van der Waals surface area (Å²) in [5, 5.41) is 1.93. The molecule has 2 aromatic rings. The predicted molar refractivity (Wildman–Crippen MR) is 58.0 cm³/mol. The molecule has 0 spiro atoms. The van der Waals surface area contributed by atoms with Gasteiger partial charge >= 0.3 is 6.18 Å². The van der Waals surface area contributed by atoms with Gasteiger partial charge in [-0.25, -0.2) is 4.98 Å². The second kappa shape index (κ2) is 4.14. The number of hydrogen-bond acceptors (Lipinski definition) is 3. The molecule has 0 atom stereocenters. The first-order chi connectivity index (χ1) is 7.48. The zero-order valence-corrected chi connectivity index (χ0v) is 10.0. The van der Waals surface area contributed by atoms with Crippen molar-refractivity contribution in [2.45, 2.75) is 6.18 Å². The van der Waals surface area contributed by atoms with Crippen LogP contribution in [0.15, 0.2) is 28.4 Å². The number of rotatable bonds is 1. The summed E-state index contributed by atoms with van der Waals surface area (Å²) in [5.41, 5.74) is -0.713. The summed E-state index contributed by atoms with van der Waals surface area (Å²) in [6, 6.07) is 0.949. The van der Waals surface area contributed by atoms with Crippen molar-refractivity contribution in [3.05, 3.63) is 34.0 Å². The number of aromatic nitrogens is 2. The van der Waals surface area contributed by atoms with E-state index in [4.69, 9.17) is 0 Å². The standard InChI is InChI=1S/C9H4BrF3N2S/c10-7-4-16-8(15-7)5-3-14-2-1-6(5)9(11,12)13/h1-4H. The van der Waals surface area contributed by atoms with Crippen LogP contribution < -0.4 is 0 Å². The van der Waals surface area contributed by atoms with E-state index in [0.29, 0.717) is 9.61 Å². The molecule has 2 aromatic heterocycles. The molecule has 2 heterocycles. The van der Waals surface area contributed by atoms with Crippen LogP contribution in [0.25, 0.3) is 10.6 Å². The highest BCUT2D eigenvalue weighted by Gasteiger charge is 2.34. The lowest BCUT2D eigenvalue weighted by atomic mass is 10.1. The van der Waals surface area contributed by atoms with E-state index in [2.05, 4.69) is 25.9 Å². The summed E-state index contributed by atoms with van der Waals surface area (Å²) in [7, 11) is 0. The van der Waals surface area contributed by atoms with Gasteiger partial charge in [0.2, 0.25) is 0 Å². The smallest absolute Gasteiger partial charge is 0.264 e. The fourth-order valence-corrected chi connectivity index (χ4v) is 2.47. The number of alkyl halides is 3. The lowest BCUT2D eigenvalue weighted by Crippen LogP contribution is -2.07. The SMILES string of the molecule is FC(F)(F)c1ccncc1-c1nc(Br)cs1. The molecule has 84 valence electrons. The molecule has 7 heteroatoms. The summed E-state index contributed by atoms with van der Waals surface area (Å²) in [6.45, 7) is 0. The predicted octanol–water partition coefficient (Wildman–Crippen LogP) is 3.99. The molecule has 0 fully saturated rings. The van der Waals surface area contributed by atoms with E-state index in [-0.39, 0.29) is 5.56 Å². The van der Waals surface area contributed by atoms with Crippen molar-refractivity contribution in [3.8, 4) is 10.6 Å². The summed E-state index contributed by atoms with van der Waals surface area (Å²) in [5.74, 6) is 0. The molecule has 0 saturated carbocycles. The molecule has 0 N–H and O–H groups in total. The van der Waals surface area contributed by atoms with E-state index in [1.807, 2.05) is 0 Å². The number of thiazole rings is 1. The third-order valence-corrected chi connectivity index (χ3v) is 3.42. The molecule has 0 radical (unpaired) electrons. The largest absolute Gasteiger partial charge is 0.417 e. The molecule has 0 aliphatic carbocycles. The number of halogens is 4. The van der Waals surface area contributed by atoms with E-state index < -0.39 is 11.7 Å². The Balaban J connectivity index is 2.57. The highest BCUT2D eigenvalue weighted by molar-refractivity contribution is 9.10. The monoisotopic (exact) mass is 308 g/mol. The Morgan fingerprint density at radius 2 is 2.06 bits per heavy atom. The summed E-state index contributed by atoms with van der Waals surface area (Å²) < 4.78 is 38.6. The van der Waals surface area contributed by atoms with Gasteiger partial charge in [0, 0.05) is 23.3 Å². The molecule has 16 heavy (non-hydrogen) atoms. The van der Waals surface area contributed by atoms with E-state index >= 15 is 0 Å². The van der Waals surface area contributed by atoms with Crippen LogP contribution in [0.1, 0.15) is 5.56 Å². The van der Waals surface area contributed by atoms with E-state index in [9.17, 15) is 13.2 Å². The Morgan fingerprint density at radius 1 is 1.31 bits per heavy atom. The average Bonchev–Trinajstić information content (AvgIpc) is 2.64. The van der Waals surface area contributed by atoms with Crippen molar-refractivity contribution in [3.63, 3.8) is 0 Å². The molecule has 0 aliphatic heterocycles. The van der Waals surface area contributed by atoms with Crippen LogP contribution in [0, 0.1) is 0 Å². The highest BCUT2D eigenvalue weighted by Crippen LogP contribution is 2.37. The Labute approximate surface area is 101 Å². The van der Waals surface area contributed by atoms with Gasteiger partial charge in [-0.05, 0) is 22.0 Å². The second-order valence-electron chi connectivity index (χ2n) is 2.89. The van der Waals surface area contributed by atoms with Crippen LogP contribution in [-0.2, 0) is 6.18 Å². The number of pyridine rings is 1. The van der Waals surface area contributed by atoms with Crippen molar-refractivity contribution in [2.75, 3.05) is 0 Å². The molecule has 0 amide bonds. The molecular formula is C9H4BrF3N2S. The van der Waals surface area contributed by atoms with E-state index in [0.717, 1.165) is 23.6 Å². The number of nitrogens with zero attached hydrogens (tertiary/aromatic N) is 2. The first kappa shape index (κ1) is 11.5. The van der Waals surface area contributed by atoms with Gasteiger partial charge in [0.05, 0.1) is 5.56 Å². The van der Waals surface area contributed by atoms with Crippen molar-refractivity contribution >= 4 is 27.3 Å². The Kier molecular flexibility index (Phi) is 2.98. The lowest BCUT2D eigenvalue weighted by Gasteiger charge is -2.09. The maximum Gasteiger partial charge on any atom is 0.417 e. The van der Waals surface area contributed by atoms with Crippen LogP contribution in [0.2, 0.25) is 0 Å².